The number of pyridine rings is 1. The first-order chi connectivity index (χ1) is 19.5. The van der Waals surface area contributed by atoms with Crippen molar-refractivity contribution in [2.45, 2.75) is 25.0 Å². The maximum Gasteiger partial charge on any atom is 0.147 e. The quantitative estimate of drug-likeness (QED) is 0.349. The average molecular weight is 536 g/mol. The minimum atomic E-state index is -0.237. The summed E-state index contributed by atoms with van der Waals surface area (Å²) in [4.78, 5) is 21.9. The van der Waals surface area contributed by atoms with Gasteiger partial charge in [0.25, 0.3) is 0 Å². The molecule has 11 heteroatoms. The number of piperazine rings is 1. The molecule has 3 aliphatic rings. The number of aryl methyl sites for hydroxylation is 1. The van der Waals surface area contributed by atoms with Gasteiger partial charge < -0.3 is 14.6 Å². The molecular formula is C29H26FN9O. The average Bonchev–Trinajstić information content (AvgIpc) is 3.62. The molecule has 0 spiro atoms. The summed E-state index contributed by atoms with van der Waals surface area (Å²) in [6, 6.07) is 9.94. The van der Waals surface area contributed by atoms with Crippen LogP contribution in [0.2, 0.25) is 0 Å². The van der Waals surface area contributed by atoms with E-state index in [2.05, 4.69) is 30.9 Å². The Morgan fingerprint density at radius 1 is 1.10 bits per heavy atom. The van der Waals surface area contributed by atoms with Crippen molar-refractivity contribution < 1.29 is 9.13 Å². The molecule has 4 aromatic heterocycles. The highest BCUT2D eigenvalue weighted by molar-refractivity contribution is 5.97. The third-order valence-electron chi connectivity index (χ3n) is 7.97. The van der Waals surface area contributed by atoms with E-state index in [-0.39, 0.29) is 5.82 Å². The van der Waals surface area contributed by atoms with E-state index in [1.807, 2.05) is 19.3 Å². The Balaban J connectivity index is 1.11. The van der Waals surface area contributed by atoms with Crippen molar-refractivity contribution in [2.75, 3.05) is 25.1 Å². The molecule has 1 N–H and O–H groups in total. The number of hydrogen-bond donors (Lipinski definition) is 1. The van der Waals surface area contributed by atoms with Crippen LogP contribution >= 0.6 is 0 Å². The Labute approximate surface area is 229 Å². The largest absolute Gasteiger partial charge is 0.497 e. The van der Waals surface area contributed by atoms with Crippen LogP contribution < -0.4 is 9.64 Å². The Morgan fingerprint density at radius 3 is 2.62 bits per heavy atom. The molecule has 40 heavy (non-hydrogen) atoms. The van der Waals surface area contributed by atoms with E-state index in [0.717, 1.165) is 42.0 Å². The van der Waals surface area contributed by atoms with Gasteiger partial charge in [-0.2, -0.15) is 10.4 Å². The van der Waals surface area contributed by atoms with Gasteiger partial charge in [-0.1, -0.05) is 6.07 Å². The molecule has 0 amide bonds. The number of H-pyrrole nitrogens is 1. The summed E-state index contributed by atoms with van der Waals surface area (Å²) in [5.74, 6) is 1.08. The summed E-state index contributed by atoms with van der Waals surface area (Å²) in [6.07, 6.45) is 9.86. The van der Waals surface area contributed by atoms with Crippen LogP contribution in [0.4, 0.5) is 10.2 Å². The Kier molecular flexibility index (Phi) is 5.71. The maximum atomic E-state index is 14.5. The minimum absolute atomic E-state index is 0.237. The fraction of sp³-hybridized carbons (Fsp3) is 0.276. The van der Waals surface area contributed by atoms with Gasteiger partial charge in [0, 0.05) is 79.3 Å². The number of piperidine rings is 1. The fourth-order valence-electron chi connectivity index (χ4n) is 5.88. The number of nitrogens with one attached hydrogen (secondary N) is 1. The predicted molar refractivity (Wildman–Crippen MR) is 147 cm³/mol. The van der Waals surface area contributed by atoms with Crippen LogP contribution in [-0.2, 0) is 13.6 Å². The van der Waals surface area contributed by atoms with Crippen molar-refractivity contribution in [3.63, 3.8) is 0 Å². The summed E-state index contributed by atoms with van der Waals surface area (Å²) >= 11 is 0. The smallest absolute Gasteiger partial charge is 0.147 e. The number of halogens is 1. The highest BCUT2D eigenvalue weighted by atomic mass is 19.1. The molecule has 2 bridgehead atoms. The lowest BCUT2D eigenvalue weighted by molar-refractivity contribution is -0.00949. The van der Waals surface area contributed by atoms with Crippen LogP contribution in [0.1, 0.15) is 17.5 Å². The van der Waals surface area contributed by atoms with Gasteiger partial charge in [-0.15, -0.1) is 0 Å². The normalized spacial score (nSPS) is 18.5. The molecule has 200 valence electrons. The molecule has 2 atom stereocenters. The van der Waals surface area contributed by atoms with Crippen molar-refractivity contribution in [1.29, 1.82) is 5.26 Å². The van der Waals surface area contributed by atoms with Gasteiger partial charge in [0.2, 0.25) is 0 Å². The lowest BCUT2D eigenvalue weighted by Crippen LogP contribution is -2.68. The van der Waals surface area contributed by atoms with Crippen molar-refractivity contribution in [2.24, 2.45) is 7.05 Å². The van der Waals surface area contributed by atoms with Crippen LogP contribution in [0.5, 0.6) is 5.75 Å². The summed E-state index contributed by atoms with van der Waals surface area (Å²) in [6.45, 7) is 2.19. The van der Waals surface area contributed by atoms with Crippen LogP contribution in [-0.4, -0.2) is 66.9 Å². The van der Waals surface area contributed by atoms with Gasteiger partial charge in [-0.25, -0.2) is 14.4 Å². The molecule has 0 saturated carbocycles. The second-order valence-electron chi connectivity index (χ2n) is 10.3. The third-order valence-corrected chi connectivity index (χ3v) is 7.97. The van der Waals surface area contributed by atoms with Crippen molar-refractivity contribution >= 4 is 16.9 Å². The van der Waals surface area contributed by atoms with Crippen LogP contribution in [0.3, 0.4) is 0 Å². The first kappa shape index (κ1) is 24.2. The first-order valence-corrected chi connectivity index (χ1v) is 13.1. The summed E-state index contributed by atoms with van der Waals surface area (Å²) in [5.41, 5.74) is 4.90. The van der Waals surface area contributed by atoms with Crippen molar-refractivity contribution in [1.82, 2.24) is 34.6 Å². The van der Waals surface area contributed by atoms with Crippen LogP contribution in [0.25, 0.3) is 33.5 Å². The monoisotopic (exact) mass is 535 g/mol. The molecule has 3 fully saturated rings. The van der Waals surface area contributed by atoms with E-state index in [9.17, 15) is 9.65 Å². The molecule has 2 unspecified atom stereocenters. The lowest BCUT2D eigenvalue weighted by atomic mass is 9.86. The van der Waals surface area contributed by atoms with Crippen molar-refractivity contribution in [3.8, 4) is 34.3 Å². The molecule has 3 saturated heterocycles. The number of fused-ring (bicyclic) bond motifs is 3. The minimum Gasteiger partial charge on any atom is -0.497 e. The number of anilines is 1. The molecule has 1 aromatic carbocycles. The second kappa shape index (κ2) is 9.43. The van der Waals surface area contributed by atoms with Gasteiger partial charge in [-0.3, -0.25) is 14.6 Å². The number of aromatic amines is 1. The Bertz CT molecular complexity index is 1760. The zero-order valence-electron chi connectivity index (χ0n) is 22.0. The van der Waals surface area contributed by atoms with E-state index < -0.39 is 0 Å². The molecule has 3 aliphatic heterocycles. The van der Waals surface area contributed by atoms with Crippen LogP contribution in [0.15, 0.2) is 55.2 Å². The zero-order chi connectivity index (χ0) is 27.4. The molecule has 5 aromatic rings. The number of aromatic nitrogens is 6. The number of ether oxygens (including phenoxy) is 1. The molecule has 7 heterocycles. The van der Waals surface area contributed by atoms with Gasteiger partial charge in [0.1, 0.15) is 29.1 Å². The number of methoxy groups -OCH3 is 1. The van der Waals surface area contributed by atoms with E-state index >= 15 is 0 Å². The number of rotatable bonds is 6. The molecule has 0 radical (unpaired) electrons. The summed E-state index contributed by atoms with van der Waals surface area (Å²) in [7, 11) is 3.41. The van der Waals surface area contributed by atoms with Crippen molar-refractivity contribution in [3.05, 3.63) is 72.2 Å². The maximum absolute atomic E-state index is 14.5. The first-order valence-electron chi connectivity index (χ1n) is 13.1. The zero-order valence-corrected chi connectivity index (χ0v) is 22.0. The van der Waals surface area contributed by atoms with Gasteiger partial charge in [0.15, 0.2) is 0 Å². The van der Waals surface area contributed by atoms with E-state index in [1.165, 1.54) is 13.2 Å². The van der Waals surface area contributed by atoms with E-state index in [4.69, 9.17) is 14.7 Å². The molecular weight excluding hydrogens is 509 g/mol. The molecule has 0 aliphatic carbocycles. The topological polar surface area (TPSA) is 112 Å². The third kappa shape index (κ3) is 4.04. The fourth-order valence-corrected chi connectivity index (χ4v) is 5.88. The van der Waals surface area contributed by atoms with Gasteiger partial charge >= 0.3 is 0 Å². The molecule has 8 rings (SSSR count). The van der Waals surface area contributed by atoms with E-state index in [0.29, 0.717) is 52.4 Å². The SMILES string of the molecule is COc1ccc(CN2C3CC2CN(c2cnc(-c4c(C#N)cnc5[nH]c(-c6cnn(C)c6)cc45)cn2)C3)c(F)c1. The van der Waals surface area contributed by atoms with Gasteiger partial charge in [0.05, 0.1) is 42.7 Å². The summed E-state index contributed by atoms with van der Waals surface area (Å²) < 4.78 is 21.4. The highest BCUT2D eigenvalue weighted by Gasteiger charge is 2.45. The number of nitriles is 1. The lowest BCUT2D eigenvalue weighted by Gasteiger charge is -2.56. The predicted octanol–water partition coefficient (Wildman–Crippen LogP) is 3.90. The summed E-state index contributed by atoms with van der Waals surface area (Å²) in [5, 5.41) is 14.9. The second-order valence-corrected chi connectivity index (χ2v) is 10.3. The van der Waals surface area contributed by atoms with E-state index in [1.54, 1.807) is 41.6 Å². The number of hydrogen-bond acceptors (Lipinski definition) is 8. The van der Waals surface area contributed by atoms with Crippen LogP contribution in [0, 0.1) is 17.1 Å². The highest BCUT2D eigenvalue weighted by Crippen LogP contribution is 2.37. The Hall–Kier alpha value is -4.82. The molecule has 10 nitrogen and oxygen atoms in total. The number of nitrogens with zero attached hydrogens (tertiary/aromatic N) is 8. The van der Waals surface area contributed by atoms with Gasteiger partial charge in [-0.05, 0) is 18.6 Å². The Morgan fingerprint density at radius 2 is 1.95 bits per heavy atom. The number of benzene rings is 1. The standard InChI is InChI=1S/C29H26FN9O/c1-37-13-19(10-35-37)25-7-23-28(18(8-31)9-34-29(23)36-25)26-11-33-27(12-32-26)38-15-20-5-21(16-38)39(20)14-17-3-4-22(40-2)6-24(17)30/h3-4,6-7,9-13,20-21H,5,14-16H2,1-2H3,(H,34,36).